The van der Waals surface area contributed by atoms with Crippen LogP contribution in [0.2, 0.25) is 5.02 Å². The average molecular weight is 528 g/mol. The van der Waals surface area contributed by atoms with Crippen molar-refractivity contribution in [1.82, 2.24) is 40.1 Å². The monoisotopic (exact) mass is 527 g/mol. The van der Waals surface area contributed by atoms with Crippen molar-refractivity contribution >= 4 is 23.1 Å². The second-order valence-electron chi connectivity index (χ2n) is 8.62. The van der Waals surface area contributed by atoms with Crippen molar-refractivity contribution in [1.29, 1.82) is 0 Å². The van der Waals surface area contributed by atoms with Crippen LogP contribution in [0.3, 0.4) is 0 Å². The molecule has 0 spiro atoms. The summed E-state index contributed by atoms with van der Waals surface area (Å²) < 4.78 is 54.7. The van der Waals surface area contributed by atoms with Gasteiger partial charge in [0.2, 0.25) is 5.91 Å². The number of aromatic nitrogens is 7. The molecule has 5 heterocycles. The van der Waals surface area contributed by atoms with Gasteiger partial charge in [0, 0.05) is 29.4 Å². The maximum Gasteiger partial charge on any atom is 0.247 e. The van der Waals surface area contributed by atoms with E-state index in [1.54, 1.807) is 11.0 Å². The highest BCUT2D eigenvalue weighted by Crippen LogP contribution is 2.44. The number of aromatic amines is 1. The van der Waals surface area contributed by atoms with Gasteiger partial charge in [-0.05, 0) is 53.5 Å². The first-order valence-electron chi connectivity index (χ1n) is 12.7. The fourth-order valence-corrected chi connectivity index (χ4v) is 5.16. The van der Waals surface area contributed by atoms with Crippen molar-refractivity contribution in [3.63, 3.8) is 0 Å². The molecule has 6 rings (SSSR count). The van der Waals surface area contributed by atoms with E-state index in [9.17, 15) is 9.90 Å². The number of nitrogens with one attached hydrogen (secondary N) is 1. The van der Waals surface area contributed by atoms with Gasteiger partial charge in [0.05, 0.1) is 39.3 Å². The van der Waals surface area contributed by atoms with Crippen LogP contribution in [-0.4, -0.2) is 57.1 Å². The lowest BCUT2D eigenvalue weighted by atomic mass is 9.92. The summed E-state index contributed by atoms with van der Waals surface area (Å²) in [5, 5.41) is 20.5. The molecule has 37 heavy (non-hydrogen) atoms. The van der Waals surface area contributed by atoms with Gasteiger partial charge in [-0.15, -0.1) is 5.10 Å². The fourth-order valence-electron chi connectivity index (χ4n) is 5.00. The number of pyridine rings is 1. The highest BCUT2D eigenvalue weighted by atomic mass is 35.5. The first-order valence-corrected chi connectivity index (χ1v) is 11.6. The third-order valence-corrected chi connectivity index (χ3v) is 6.91. The predicted molar refractivity (Wildman–Crippen MR) is 127 cm³/mol. The minimum Gasteiger partial charge on any atom is -0.390 e. The molecule has 10 nitrogen and oxygen atoms in total. The zero-order valence-corrected chi connectivity index (χ0v) is 19.6. The zero-order valence-electron chi connectivity index (χ0n) is 21.9. The van der Waals surface area contributed by atoms with Crippen LogP contribution in [0.1, 0.15) is 46.5 Å². The summed E-state index contributed by atoms with van der Waals surface area (Å²) in [4.78, 5) is 25.7. The second kappa shape index (κ2) is 9.12. The molecule has 2 atom stereocenters. The Balaban J connectivity index is 1.35. The first-order chi connectivity index (χ1) is 19.0. The number of aliphatic hydroxyl groups is 1. The van der Waals surface area contributed by atoms with Crippen molar-refractivity contribution in [2.24, 2.45) is 0 Å². The maximum atomic E-state index is 15.3. The van der Waals surface area contributed by atoms with E-state index in [1.165, 1.54) is 29.2 Å². The number of tetrazole rings is 1. The van der Waals surface area contributed by atoms with E-state index in [-0.39, 0.29) is 39.9 Å². The van der Waals surface area contributed by atoms with Crippen molar-refractivity contribution < 1.29 is 22.8 Å². The van der Waals surface area contributed by atoms with E-state index in [2.05, 4.69) is 30.5 Å². The fraction of sp³-hybridized carbons (Fsp3) is 0.250. The Morgan fingerprint density at radius 2 is 2.11 bits per heavy atom. The van der Waals surface area contributed by atoms with E-state index >= 15 is 8.78 Å². The predicted octanol–water partition coefficient (Wildman–Crippen LogP) is 3.39. The number of halogens is 3. The minimum absolute atomic E-state index is 0.0448. The van der Waals surface area contributed by atoms with Crippen molar-refractivity contribution in [3.05, 3.63) is 76.7 Å². The summed E-state index contributed by atoms with van der Waals surface area (Å²) in [6, 6.07) is 3.31. The van der Waals surface area contributed by atoms with E-state index in [1.807, 2.05) is 0 Å². The molecule has 0 aliphatic carbocycles. The molecule has 1 fully saturated rings. The largest absolute Gasteiger partial charge is 0.390 e. The lowest BCUT2D eigenvalue weighted by molar-refractivity contribution is -0.129. The first kappa shape index (κ1) is 20.1. The third kappa shape index (κ3) is 3.89. The van der Waals surface area contributed by atoms with Crippen LogP contribution in [0, 0.1) is 11.6 Å². The van der Waals surface area contributed by atoms with E-state index < -0.39 is 35.8 Å². The Labute approximate surface area is 217 Å². The van der Waals surface area contributed by atoms with Gasteiger partial charge < -0.3 is 15.0 Å². The lowest BCUT2D eigenvalue weighted by Crippen LogP contribution is -2.39. The topological polar surface area (TPSA) is 126 Å². The number of benzene rings is 1. The van der Waals surface area contributed by atoms with Crippen LogP contribution in [0.25, 0.3) is 22.5 Å². The SMILES string of the molecule is [2H]c1nc(C2CCC3CC(c4c(-n5cnnn5)ccc(Cl)c4F)=CC(=O)N32)[nH]c1-c1ccnc(C([2H])([2H])O)c1F. The van der Waals surface area contributed by atoms with Crippen LogP contribution < -0.4 is 0 Å². The van der Waals surface area contributed by atoms with Crippen molar-refractivity contribution in [2.75, 3.05) is 0 Å². The van der Waals surface area contributed by atoms with Gasteiger partial charge in [-0.3, -0.25) is 9.78 Å². The Morgan fingerprint density at radius 3 is 2.89 bits per heavy atom. The Kier molecular flexibility index (Phi) is 4.95. The van der Waals surface area contributed by atoms with Gasteiger partial charge in [-0.1, -0.05) is 11.6 Å². The molecule has 13 heteroatoms. The van der Waals surface area contributed by atoms with E-state index in [0.717, 1.165) is 6.20 Å². The summed E-state index contributed by atoms with van der Waals surface area (Å²) in [5.74, 6) is -1.98. The third-order valence-electron chi connectivity index (χ3n) is 6.62. The molecule has 1 saturated heterocycles. The number of fused-ring (bicyclic) bond motifs is 1. The molecule has 0 saturated carbocycles. The Bertz CT molecular complexity index is 1680. The molecule has 2 unspecified atom stereocenters. The molecule has 4 aromatic rings. The number of hydrogen-bond acceptors (Lipinski definition) is 7. The summed E-state index contributed by atoms with van der Waals surface area (Å²) >= 11 is 6.08. The molecule has 2 aliphatic heterocycles. The molecule has 0 radical (unpaired) electrons. The standard InChI is InChI=1S/C24H19ClF2N8O2/c25-15-2-4-18(34-11-30-32-33-34)21(23(15)27)12-7-13-1-3-19(35(13)20(37)8-12)24-29-9-16(31-24)14-5-6-28-17(10-36)22(14)26/h2,4-6,8-9,11,13,19,36H,1,3,7,10H2,(H,29,31)/i9D,10D2. The Morgan fingerprint density at radius 1 is 1.24 bits per heavy atom. The highest BCUT2D eigenvalue weighted by Gasteiger charge is 2.42. The van der Waals surface area contributed by atoms with E-state index in [4.69, 9.17) is 15.7 Å². The zero-order chi connectivity index (χ0) is 28.3. The van der Waals surface area contributed by atoms with Crippen LogP contribution in [0.15, 0.2) is 43.0 Å². The molecule has 2 aliphatic rings. The number of nitrogens with zero attached hydrogens (tertiary/aromatic N) is 7. The minimum atomic E-state index is -3.03. The summed E-state index contributed by atoms with van der Waals surface area (Å²) in [6.45, 7) is -3.03. The van der Waals surface area contributed by atoms with Crippen molar-refractivity contribution in [3.8, 4) is 16.9 Å². The quantitative estimate of drug-likeness (QED) is 0.407. The smallest absolute Gasteiger partial charge is 0.247 e. The summed E-state index contributed by atoms with van der Waals surface area (Å²) in [5.41, 5.74) is -0.174. The highest BCUT2D eigenvalue weighted by molar-refractivity contribution is 6.31. The second-order valence-corrected chi connectivity index (χ2v) is 9.03. The molecule has 1 aromatic carbocycles. The number of rotatable bonds is 5. The molecule has 188 valence electrons. The Hall–Kier alpha value is -4.03. The number of imidazole rings is 1. The number of carbonyl (C=O) groups is 1. The molecular weight excluding hydrogens is 506 g/mol. The summed E-state index contributed by atoms with van der Waals surface area (Å²) in [6.07, 6.45) is 4.78. The van der Waals surface area contributed by atoms with Gasteiger partial charge in [0.15, 0.2) is 11.6 Å². The average Bonchev–Trinajstić information content (AvgIpc) is 3.65. The molecular formula is C24H19ClF2N8O2. The van der Waals surface area contributed by atoms with Gasteiger partial charge >= 0.3 is 0 Å². The van der Waals surface area contributed by atoms with Crippen molar-refractivity contribution in [2.45, 2.75) is 37.9 Å². The number of hydrogen-bond donors (Lipinski definition) is 2. The number of H-pyrrole nitrogens is 1. The van der Waals surface area contributed by atoms with Crippen LogP contribution in [0.4, 0.5) is 8.78 Å². The van der Waals surface area contributed by atoms with Crippen LogP contribution in [0.5, 0.6) is 0 Å². The van der Waals surface area contributed by atoms with Crippen LogP contribution >= 0.6 is 11.6 Å². The van der Waals surface area contributed by atoms with Crippen LogP contribution in [-0.2, 0) is 11.4 Å². The lowest BCUT2D eigenvalue weighted by Gasteiger charge is -2.33. The van der Waals surface area contributed by atoms with E-state index in [0.29, 0.717) is 30.5 Å². The number of amides is 1. The molecule has 3 aromatic heterocycles. The van der Waals surface area contributed by atoms with Gasteiger partial charge in [0.1, 0.15) is 17.8 Å². The number of carbonyl (C=O) groups excluding carboxylic acids is 1. The maximum absolute atomic E-state index is 15.3. The van der Waals surface area contributed by atoms with Gasteiger partial charge in [-0.25, -0.2) is 13.8 Å². The van der Waals surface area contributed by atoms with Gasteiger partial charge in [-0.2, -0.15) is 4.68 Å². The van der Waals surface area contributed by atoms with Gasteiger partial charge in [0.25, 0.3) is 0 Å². The normalized spacial score (nSPS) is 20.9. The molecule has 2 N–H and O–H groups in total. The molecule has 1 amide bonds. The molecule has 0 bridgehead atoms. The summed E-state index contributed by atoms with van der Waals surface area (Å²) in [7, 11) is 0.